The Morgan fingerprint density at radius 3 is 1.73 bits per heavy atom. The Labute approximate surface area is 492 Å². The number of hydrogen-bond acceptors (Lipinski definition) is 28. The Balaban J connectivity index is 0.803. The third-order valence-corrected chi connectivity index (χ3v) is 21.6. The van der Waals surface area contributed by atoms with Crippen molar-refractivity contribution in [3.63, 3.8) is 0 Å². The lowest BCUT2D eigenvalue weighted by atomic mass is 9.47. The van der Waals surface area contributed by atoms with Gasteiger partial charge in [0, 0.05) is 12.3 Å². The fourth-order valence-electron chi connectivity index (χ4n) is 16.5. The molecule has 0 spiro atoms. The number of fused-ring (bicyclic) bond motifs is 7. The summed E-state index contributed by atoms with van der Waals surface area (Å²) >= 11 is 0. The normalized spacial score (nSPS) is 54.8. The van der Waals surface area contributed by atoms with E-state index >= 15 is 0 Å². The van der Waals surface area contributed by atoms with Crippen LogP contribution in [-0.2, 0) is 52.1 Å². The Morgan fingerprint density at radius 1 is 0.553 bits per heavy atom. The topological polar surface area (TPSA) is 445 Å². The van der Waals surface area contributed by atoms with Crippen LogP contribution in [0.15, 0.2) is 11.6 Å². The summed E-state index contributed by atoms with van der Waals surface area (Å²) in [5.41, 5.74) is 0.880. The highest BCUT2D eigenvalue weighted by atomic mass is 16.8. The van der Waals surface area contributed by atoms with Gasteiger partial charge in [-0.1, -0.05) is 39.3 Å². The molecule has 4 aliphatic carbocycles. The Morgan fingerprint density at radius 2 is 1.09 bits per heavy atom. The van der Waals surface area contributed by atoms with Gasteiger partial charge in [0.25, 0.3) is 0 Å². The minimum absolute atomic E-state index is 0.106. The van der Waals surface area contributed by atoms with Crippen LogP contribution in [0.25, 0.3) is 0 Å². The highest BCUT2D eigenvalue weighted by Crippen LogP contribution is 2.70. The van der Waals surface area contributed by atoms with E-state index in [1.807, 2.05) is 6.92 Å². The molecule has 0 radical (unpaired) electrons. The SMILES string of the molecule is C[C@H](CC[C@@]1(O)O[C@H]2C[C@H]3[C@@H]4CC=C5C[C@@H](O[C@H]6O[C@H](CO)[C@@H](O[C@@H]7O[C@H](CO)[C@@H](O)[C@H](O[C@@H]8O[C@H](CO)[C@@H](O)[C@H](O)[C@H]8O)[C@H]7O)[C@H](O)[C@H]6O[C@@H]6O[C@@H](C)[C@H](O)[C@@H](O)[C@H]6O)CC[C@]5(C)[C@H]4CC[C@]3(C)[C@H]2[C@@H]1C)CO[C@@H]1O[C@H](CO)[C@@H](O)[C@H](O)[C@H]1O. The molecule has 9 fully saturated rings. The molecule has 0 amide bonds. The van der Waals surface area contributed by atoms with Crippen molar-refractivity contribution in [1.82, 2.24) is 0 Å². The number of rotatable bonds is 18. The van der Waals surface area contributed by atoms with Crippen LogP contribution in [0.4, 0.5) is 0 Å². The lowest BCUT2D eigenvalue weighted by Crippen LogP contribution is -2.68. The minimum Gasteiger partial charge on any atom is -0.394 e. The summed E-state index contributed by atoms with van der Waals surface area (Å²) in [5, 5.41) is 183. The smallest absolute Gasteiger partial charge is 0.187 e. The summed E-state index contributed by atoms with van der Waals surface area (Å²) in [7, 11) is 0. The van der Waals surface area contributed by atoms with E-state index in [2.05, 4.69) is 26.8 Å². The van der Waals surface area contributed by atoms with Gasteiger partial charge in [0.2, 0.25) is 0 Å². The van der Waals surface area contributed by atoms with E-state index in [1.165, 1.54) is 12.5 Å². The Kier molecular flexibility index (Phi) is 20.6. The van der Waals surface area contributed by atoms with Crippen molar-refractivity contribution in [3.05, 3.63) is 11.6 Å². The third-order valence-electron chi connectivity index (χ3n) is 21.6. The molecule has 28 heteroatoms. The van der Waals surface area contributed by atoms with Crippen molar-refractivity contribution < 1.29 is 139 Å². The number of aliphatic hydroxyl groups excluding tert-OH is 16. The van der Waals surface area contributed by atoms with Gasteiger partial charge in [-0.25, -0.2) is 0 Å². The van der Waals surface area contributed by atoms with Crippen molar-refractivity contribution in [2.45, 2.75) is 264 Å². The summed E-state index contributed by atoms with van der Waals surface area (Å²) in [6, 6.07) is 0. The molecule has 17 N–H and O–H groups in total. The van der Waals surface area contributed by atoms with Crippen molar-refractivity contribution >= 4 is 0 Å². The minimum atomic E-state index is -2.04. The predicted octanol–water partition coefficient (Wildman–Crippen LogP) is -5.18. The molecule has 85 heavy (non-hydrogen) atoms. The van der Waals surface area contributed by atoms with Crippen LogP contribution in [0.2, 0.25) is 0 Å². The quantitative estimate of drug-likeness (QED) is 0.0571. The van der Waals surface area contributed by atoms with Crippen LogP contribution < -0.4 is 0 Å². The van der Waals surface area contributed by atoms with E-state index in [4.69, 9.17) is 52.1 Å². The van der Waals surface area contributed by atoms with Gasteiger partial charge in [-0.05, 0) is 98.7 Å². The Hall–Kier alpha value is -1.38. The Bertz CT molecular complexity index is 2240. The zero-order valence-electron chi connectivity index (χ0n) is 48.6. The average molecular weight is 1230 g/mol. The van der Waals surface area contributed by atoms with Crippen LogP contribution in [0.1, 0.15) is 92.4 Å². The molecule has 0 bridgehead atoms. The fourth-order valence-corrected chi connectivity index (χ4v) is 16.5. The second kappa shape index (κ2) is 26.3. The first-order chi connectivity index (χ1) is 40.2. The van der Waals surface area contributed by atoms with Crippen molar-refractivity contribution in [3.8, 4) is 0 Å². The van der Waals surface area contributed by atoms with E-state index < -0.39 is 192 Å². The maximum Gasteiger partial charge on any atom is 0.187 e. The number of allylic oxidation sites excluding steroid dienone is 1. The van der Waals surface area contributed by atoms with E-state index in [9.17, 15) is 86.8 Å². The first-order valence-electron chi connectivity index (χ1n) is 30.4. The van der Waals surface area contributed by atoms with Gasteiger partial charge in [0.05, 0.1) is 51.3 Å². The molecule has 10 rings (SSSR count). The van der Waals surface area contributed by atoms with Gasteiger partial charge in [0.1, 0.15) is 116 Å². The molecular weight excluding hydrogens is 1130 g/mol. The lowest BCUT2D eigenvalue weighted by Gasteiger charge is -2.58. The van der Waals surface area contributed by atoms with Gasteiger partial charge in [-0.15, -0.1) is 0 Å². The maximum absolute atomic E-state index is 12.4. The highest BCUT2D eigenvalue weighted by molar-refractivity contribution is 5.26. The molecule has 3 saturated carbocycles. The maximum atomic E-state index is 12.4. The number of hydrogen-bond donors (Lipinski definition) is 17. The summed E-state index contributed by atoms with van der Waals surface area (Å²) in [5.74, 6) is -0.555. The summed E-state index contributed by atoms with van der Waals surface area (Å²) in [4.78, 5) is 0. The van der Waals surface area contributed by atoms with Crippen LogP contribution in [0.5, 0.6) is 0 Å². The van der Waals surface area contributed by atoms with Gasteiger partial charge in [-0.3, -0.25) is 0 Å². The molecule has 0 aromatic rings. The van der Waals surface area contributed by atoms with Crippen LogP contribution in [0.3, 0.4) is 0 Å². The van der Waals surface area contributed by atoms with Gasteiger partial charge < -0.3 is 139 Å². The molecular formula is C57H94O28. The standard InChI is InChI=1S/C57H94O28/c1-21(20-75-50-42(69)40(67)36(63)30(16-58)78-50)8-13-57(74)22(2)34-29(85-57)15-28-26-7-6-24-14-25(9-11-55(24,4)27(26)10-12-56(28,34)5)77-54-49(84-51-43(70)39(66)35(62)23(3)76-51)45(72)47(33(19-61)81-54)82-53-46(73)48(38(65)32(18-60)80-53)83-52-44(71)41(68)37(64)31(17-59)79-52/h6,21-23,25-54,58-74H,7-20H2,1-5H3/t21-,22+,23+,25+,26-,27+,28+,29+,30-,31-,32-,33-,34+,35+,36-,37-,38-,39-,40+,41+,42-,43-,44-,45+,46-,47-,48+,49-,50-,51+,52+,53+,54+,55+,56+,57-/m1/s1. The largest absolute Gasteiger partial charge is 0.394 e. The summed E-state index contributed by atoms with van der Waals surface area (Å²) < 4.78 is 66.2. The van der Waals surface area contributed by atoms with Crippen molar-refractivity contribution in [2.24, 2.45) is 46.3 Å². The van der Waals surface area contributed by atoms with Gasteiger partial charge >= 0.3 is 0 Å². The third kappa shape index (κ3) is 12.2. The van der Waals surface area contributed by atoms with Gasteiger partial charge in [-0.2, -0.15) is 0 Å². The van der Waals surface area contributed by atoms with Gasteiger partial charge in [0.15, 0.2) is 37.2 Å². The van der Waals surface area contributed by atoms with Crippen LogP contribution >= 0.6 is 0 Å². The molecule has 10 aliphatic rings. The molecule has 0 aromatic heterocycles. The first kappa shape index (κ1) is 66.5. The molecule has 6 aliphatic heterocycles. The summed E-state index contributed by atoms with van der Waals surface area (Å²) in [6.45, 7) is 7.16. The van der Waals surface area contributed by atoms with Crippen LogP contribution in [0, 0.1) is 46.3 Å². The highest BCUT2D eigenvalue weighted by Gasteiger charge is 2.68. The predicted molar refractivity (Wildman–Crippen MR) is 283 cm³/mol. The van der Waals surface area contributed by atoms with Crippen LogP contribution in [-0.4, -0.2) is 291 Å². The number of ether oxygens (including phenoxy) is 11. The zero-order valence-corrected chi connectivity index (χ0v) is 48.6. The van der Waals surface area contributed by atoms with E-state index in [-0.39, 0.29) is 41.3 Å². The number of aliphatic hydroxyl groups is 17. The molecule has 0 aromatic carbocycles. The molecule has 0 unspecified atom stereocenters. The van der Waals surface area contributed by atoms with E-state index in [1.54, 1.807) is 0 Å². The average Bonchev–Trinajstić information content (AvgIpc) is 1.60. The molecule has 6 saturated heterocycles. The second-order valence-electron chi connectivity index (χ2n) is 26.6. The fraction of sp³-hybridized carbons (Fsp3) is 0.965. The zero-order chi connectivity index (χ0) is 61.5. The van der Waals surface area contributed by atoms with E-state index in [0.29, 0.717) is 43.4 Å². The monoisotopic (exact) mass is 1230 g/mol. The molecule has 6 heterocycles. The molecule has 36 atom stereocenters. The van der Waals surface area contributed by atoms with Crippen molar-refractivity contribution in [2.75, 3.05) is 33.0 Å². The van der Waals surface area contributed by atoms with Crippen molar-refractivity contribution in [1.29, 1.82) is 0 Å². The lowest BCUT2D eigenvalue weighted by molar-refractivity contribution is -0.396. The second-order valence-corrected chi connectivity index (χ2v) is 26.6. The van der Waals surface area contributed by atoms with E-state index in [0.717, 1.165) is 32.1 Å². The molecule has 490 valence electrons. The molecule has 28 nitrogen and oxygen atoms in total. The summed E-state index contributed by atoms with van der Waals surface area (Å²) in [6.07, 6.45) is -33.3. The first-order valence-corrected chi connectivity index (χ1v) is 30.4.